The Balaban J connectivity index is 1.94. The molecule has 1 aromatic carbocycles. The van der Waals surface area contributed by atoms with Gasteiger partial charge in [-0.15, -0.1) is 0 Å². The summed E-state index contributed by atoms with van der Waals surface area (Å²) in [5.74, 6) is 1.24. The number of nitrogens with one attached hydrogen (secondary N) is 2. The quantitative estimate of drug-likeness (QED) is 0.740. The molecule has 1 aliphatic rings. The highest BCUT2D eigenvalue weighted by molar-refractivity contribution is 7.89. The summed E-state index contributed by atoms with van der Waals surface area (Å²) in [6.45, 7) is 1.66. The average molecular weight is 297 g/mol. The van der Waals surface area contributed by atoms with Gasteiger partial charge in [-0.1, -0.05) is 6.42 Å². The van der Waals surface area contributed by atoms with Crippen LogP contribution in [0.1, 0.15) is 19.3 Å². The molecule has 0 heterocycles. The van der Waals surface area contributed by atoms with Crippen LogP contribution in [-0.2, 0) is 10.0 Å². The van der Waals surface area contributed by atoms with Crippen LogP contribution in [0, 0.1) is 11.8 Å². The van der Waals surface area contributed by atoms with Gasteiger partial charge >= 0.3 is 0 Å². The number of rotatable bonds is 6. The number of hydrogen-bond donors (Lipinski definition) is 3. The van der Waals surface area contributed by atoms with Crippen molar-refractivity contribution in [3.05, 3.63) is 24.3 Å². The summed E-state index contributed by atoms with van der Waals surface area (Å²) in [4.78, 5) is 0.284. The van der Waals surface area contributed by atoms with Crippen molar-refractivity contribution in [2.75, 3.05) is 25.5 Å². The van der Waals surface area contributed by atoms with Crippen molar-refractivity contribution in [3.8, 4) is 0 Å². The van der Waals surface area contributed by atoms with Crippen molar-refractivity contribution < 1.29 is 8.42 Å². The van der Waals surface area contributed by atoms with Gasteiger partial charge in [-0.3, -0.25) is 0 Å². The first-order valence-electron chi connectivity index (χ1n) is 7.04. The highest BCUT2D eigenvalue weighted by Gasteiger charge is 2.25. The summed E-state index contributed by atoms with van der Waals surface area (Å²) in [5.41, 5.74) is 6.72. The number of benzene rings is 1. The Labute approximate surface area is 121 Å². The second-order valence-electron chi connectivity index (χ2n) is 5.30. The van der Waals surface area contributed by atoms with E-state index in [-0.39, 0.29) is 4.90 Å². The average Bonchev–Trinajstić information content (AvgIpc) is 2.93. The Morgan fingerprint density at radius 3 is 2.45 bits per heavy atom. The molecule has 6 heteroatoms. The monoisotopic (exact) mass is 297 g/mol. The normalized spacial score (nSPS) is 22.9. The van der Waals surface area contributed by atoms with Crippen molar-refractivity contribution in [1.82, 2.24) is 4.72 Å². The predicted octanol–water partition coefficient (Wildman–Crippen LogP) is 1.38. The molecule has 0 spiro atoms. The fourth-order valence-electron chi connectivity index (χ4n) is 2.81. The van der Waals surface area contributed by atoms with Crippen molar-refractivity contribution >= 4 is 15.7 Å². The van der Waals surface area contributed by atoms with E-state index in [1.807, 2.05) is 0 Å². The van der Waals surface area contributed by atoms with Crippen LogP contribution in [0.25, 0.3) is 0 Å². The lowest BCUT2D eigenvalue weighted by Gasteiger charge is -2.19. The summed E-state index contributed by atoms with van der Waals surface area (Å²) in [7, 11) is -1.94. The number of nitrogens with two attached hydrogens (primary N) is 1. The predicted molar refractivity (Wildman–Crippen MR) is 81.1 cm³/mol. The molecule has 4 N–H and O–H groups in total. The van der Waals surface area contributed by atoms with Crippen LogP contribution in [0.3, 0.4) is 0 Å². The SMILES string of the molecule is CNS(=O)(=O)c1ccc(NCC2CCCC2CN)cc1. The third kappa shape index (κ3) is 3.50. The lowest BCUT2D eigenvalue weighted by Crippen LogP contribution is -2.24. The maximum Gasteiger partial charge on any atom is 0.240 e. The topological polar surface area (TPSA) is 84.2 Å². The number of hydrogen-bond acceptors (Lipinski definition) is 4. The Kier molecular flexibility index (Phi) is 5.01. The van der Waals surface area contributed by atoms with Crippen LogP contribution in [0.15, 0.2) is 29.2 Å². The van der Waals surface area contributed by atoms with Crippen LogP contribution >= 0.6 is 0 Å². The molecule has 1 aliphatic carbocycles. The number of anilines is 1. The highest BCUT2D eigenvalue weighted by atomic mass is 32.2. The molecule has 1 saturated carbocycles. The summed E-state index contributed by atoms with van der Waals surface area (Å²) in [6, 6.07) is 6.83. The van der Waals surface area contributed by atoms with Gasteiger partial charge in [-0.25, -0.2) is 13.1 Å². The van der Waals surface area contributed by atoms with Crippen LogP contribution in [-0.4, -0.2) is 28.6 Å². The fraction of sp³-hybridized carbons (Fsp3) is 0.571. The molecule has 2 rings (SSSR count). The van der Waals surface area contributed by atoms with Gasteiger partial charge in [0.05, 0.1) is 4.90 Å². The van der Waals surface area contributed by atoms with Gasteiger partial charge in [0.1, 0.15) is 0 Å². The third-order valence-corrected chi connectivity index (χ3v) is 5.55. The molecule has 0 radical (unpaired) electrons. The van der Waals surface area contributed by atoms with Gasteiger partial charge in [0, 0.05) is 12.2 Å². The molecular weight excluding hydrogens is 274 g/mol. The molecule has 5 nitrogen and oxygen atoms in total. The molecule has 0 amide bonds. The van der Waals surface area contributed by atoms with Gasteiger partial charge in [0.15, 0.2) is 0 Å². The molecule has 1 aromatic rings. The van der Waals surface area contributed by atoms with Crippen LogP contribution < -0.4 is 15.8 Å². The fourth-order valence-corrected chi connectivity index (χ4v) is 3.54. The summed E-state index contributed by atoms with van der Waals surface area (Å²) < 4.78 is 25.5. The van der Waals surface area contributed by atoms with E-state index in [9.17, 15) is 8.42 Å². The van der Waals surface area contributed by atoms with E-state index in [1.54, 1.807) is 24.3 Å². The van der Waals surface area contributed by atoms with Gasteiger partial charge in [0.25, 0.3) is 0 Å². The molecule has 0 bridgehead atoms. The van der Waals surface area contributed by atoms with Gasteiger partial charge < -0.3 is 11.1 Å². The Hall–Kier alpha value is -1.11. The minimum Gasteiger partial charge on any atom is -0.385 e. The first-order valence-corrected chi connectivity index (χ1v) is 8.52. The molecule has 2 unspecified atom stereocenters. The van der Waals surface area contributed by atoms with Crippen LogP contribution in [0.2, 0.25) is 0 Å². The zero-order chi connectivity index (χ0) is 14.6. The van der Waals surface area contributed by atoms with E-state index in [0.29, 0.717) is 11.8 Å². The molecule has 2 atom stereocenters. The van der Waals surface area contributed by atoms with Crippen molar-refractivity contribution in [2.24, 2.45) is 17.6 Å². The van der Waals surface area contributed by atoms with E-state index in [4.69, 9.17) is 5.73 Å². The molecule has 112 valence electrons. The summed E-state index contributed by atoms with van der Waals surface area (Å²) >= 11 is 0. The maximum atomic E-state index is 11.6. The number of sulfonamides is 1. The Morgan fingerprint density at radius 2 is 1.85 bits per heavy atom. The minimum absolute atomic E-state index is 0.284. The second-order valence-corrected chi connectivity index (χ2v) is 7.19. The molecular formula is C14H23N3O2S. The summed E-state index contributed by atoms with van der Waals surface area (Å²) in [6.07, 6.45) is 3.71. The first-order chi connectivity index (χ1) is 9.56. The molecule has 0 aromatic heterocycles. The Bertz CT molecular complexity index is 528. The third-order valence-electron chi connectivity index (χ3n) is 4.12. The van der Waals surface area contributed by atoms with Crippen molar-refractivity contribution in [2.45, 2.75) is 24.2 Å². The molecule has 0 aliphatic heterocycles. The van der Waals surface area contributed by atoms with Gasteiger partial charge in [0.2, 0.25) is 10.0 Å². The van der Waals surface area contributed by atoms with Crippen molar-refractivity contribution in [1.29, 1.82) is 0 Å². The van der Waals surface area contributed by atoms with E-state index < -0.39 is 10.0 Å². The lowest BCUT2D eigenvalue weighted by atomic mass is 9.96. The van der Waals surface area contributed by atoms with Crippen LogP contribution in [0.4, 0.5) is 5.69 Å². The molecule has 1 fully saturated rings. The van der Waals surface area contributed by atoms with E-state index >= 15 is 0 Å². The van der Waals surface area contributed by atoms with E-state index in [1.165, 1.54) is 26.3 Å². The second kappa shape index (κ2) is 6.56. The Morgan fingerprint density at radius 1 is 1.20 bits per heavy atom. The molecule has 20 heavy (non-hydrogen) atoms. The minimum atomic E-state index is -3.35. The van der Waals surface area contributed by atoms with Gasteiger partial charge in [-0.05, 0) is 62.5 Å². The maximum absolute atomic E-state index is 11.6. The molecule has 0 saturated heterocycles. The van der Waals surface area contributed by atoms with Crippen LogP contribution in [0.5, 0.6) is 0 Å². The zero-order valence-corrected chi connectivity index (χ0v) is 12.6. The first kappa shape index (κ1) is 15.3. The standard InChI is InChI=1S/C14H23N3O2S/c1-16-20(18,19)14-7-5-13(6-8-14)17-10-12-4-2-3-11(12)9-15/h5-8,11-12,16-17H,2-4,9-10,15H2,1H3. The van der Waals surface area contributed by atoms with Crippen molar-refractivity contribution in [3.63, 3.8) is 0 Å². The summed E-state index contributed by atoms with van der Waals surface area (Å²) in [5, 5.41) is 3.38. The highest BCUT2D eigenvalue weighted by Crippen LogP contribution is 2.31. The lowest BCUT2D eigenvalue weighted by molar-refractivity contribution is 0.414. The van der Waals surface area contributed by atoms with E-state index in [0.717, 1.165) is 18.8 Å². The zero-order valence-electron chi connectivity index (χ0n) is 11.8. The van der Waals surface area contributed by atoms with Gasteiger partial charge in [-0.2, -0.15) is 0 Å². The smallest absolute Gasteiger partial charge is 0.240 e. The van der Waals surface area contributed by atoms with E-state index in [2.05, 4.69) is 10.0 Å². The largest absolute Gasteiger partial charge is 0.385 e.